The molecule has 1 aromatic carbocycles. The topological polar surface area (TPSA) is 84.8 Å². The zero-order chi connectivity index (χ0) is 19.4. The molecule has 0 spiro atoms. The number of carbonyl (C=O) groups is 1. The zero-order valence-corrected chi connectivity index (χ0v) is 14.8. The first-order chi connectivity index (χ1) is 13.0. The maximum atomic E-state index is 12.5. The Morgan fingerprint density at radius 2 is 2.04 bits per heavy atom. The molecule has 2 N–H and O–H groups in total. The number of carbonyl (C=O) groups excluding carboxylic acids is 1. The molecule has 0 aliphatic carbocycles. The van der Waals surface area contributed by atoms with Crippen LogP contribution in [0.5, 0.6) is 5.75 Å². The summed E-state index contributed by atoms with van der Waals surface area (Å²) in [5.41, 5.74) is 2.39. The van der Waals surface area contributed by atoms with E-state index in [1.807, 2.05) is 24.6 Å². The highest BCUT2D eigenvalue weighted by Crippen LogP contribution is 2.22. The number of aromatic nitrogens is 4. The molecule has 0 bridgehead atoms. The number of aryl methyl sites for hydroxylation is 1. The largest absolute Gasteiger partial charge is 0.435 e. The van der Waals surface area contributed by atoms with Gasteiger partial charge in [-0.1, -0.05) is 0 Å². The Morgan fingerprint density at radius 3 is 2.70 bits per heavy atom. The molecule has 1 amide bonds. The predicted octanol–water partition coefficient (Wildman–Crippen LogP) is 3.39. The molecule has 1 atom stereocenters. The summed E-state index contributed by atoms with van der Waals surface area (Å²) in [6, 6.07) is 9.26. The number of amides is 1. The van der Waals surface area contributed by atoms with E-state index >= 15 is 0 Å². The van der Waals surface area contributed by atoms with Gasteiger partial charge in [-0.25, -0.2) is 0 Å². The highest BCUT2D eigenvalue weighted by molar-refractivity contribution is 5.93. The van der Waals surface area contributed by atoms with Crippen LogP contribution in [0.3, 0.4) is 0 Å². The van der Waals surface area contributed by atoms with Crippen LogP contribution in [0.4, 0.5) is 8.78 Å². The second-order valence-corrected chi connectivity index (χ2v) is 5.84. The van der Waals surface area contributed by atoms with E-state index in [1.54, 1.807) is 24.4 Å². The number of nitrogens with one attached hydrogen (secondary N) is 2. The van der Waals surface area contributed by atoms with Gasteiger partial charge in [0.1, 0.15) is 11.4 Å². The smallest absolute Gasteiger partial charge is 0.387 e. The number of halogens is 2. The minimum absolute atomic E-state index is 0.0589. The van der Waals surface area contributed by atoms with Crippen molar-refractivity contribution >= 4 is 5.91 Å². The molecule has 9 heteroatoms. The van der Waals surface area contributed by atoms with Gasteiger partial charge < -0.3 is 10.1 Å². The molecular weight excluding hydrogens is 356 g/mol. The molecule has 27 heavy (non-hydrogen) atoms. The van der Waals surface area contributed by atoms with Gasteiger partial charge in [0, 0.05) is 18.3 Å². The molecule has 2 heterocycles. The predicted molar refractivity (Wildman–Crippen MR) is 94.4 cm³/mol. The molecule has 3 rings (SSSR count). The number of hydrogen-bond acceptors (Lipinski definition) is 4. The van der Waals surface area contributed by atoms with Crippen molar-refractivity contribution in [2.45, 2.75) is 33.0 Å². The lowest BCUT2D eigenvalue weighted by atomic mass is 10.1. The normalized spacial score (nSPS) is 12.2. The van der Waals surface area contributed by atoms with E-state index in [1.165, 1.54) is 12.1 Å². The van der Waals surface area contributed by atoms with Gasteiger partial charge >= 0.3 is 6.61 Å². The van der Waals surface area contributed by atoms with Crippen molar-refractivity contribution in [2.24, 2.45) is 0 Å². The Kier molecular flexibility index (Phi) is 5.49. The third-order valence-electron chi connectivity index (χ3n) is 4.04. The molecular formula is C18H19F2N5O2. The van der Waals surface area contributed by atoms with Crippen LogP contribution in [0.25, 0.3) is 11.3 Å². The number of H-pyrrole nitrogens is 1. The summed E-state index contributed by atoms with van der Waals surface area (Å²) in [7, 11) is 0. The summed E-state index contributed by atoms with van der Waals surface area (Å²) in [4.78, 5) is 12.5. The molecule has 2 aromatic heterocycles. The number of ether oxygens (including phenoxy) is 1. The van der Waals surface area contributed by atoms with Crippen LogP contribution >= 0.6 is 0 Å². The minimum atomic E-state index is -2.87. The van der Waals surface area contributed by atoms with Crippen LogP contribution in [-0.4, -0.2) is 32.5 Å². The van der Waals surface area contributed by atoms with Crippen LogP contribution in [0.2, 0.25) is 0 Å². The Bertz CT molecular complexity index is 905. The highest BCUT2D eigenvalue weighted by Gasteiger charge is 2.17. The number of nitrogens with zero attached hydrogens (tertiary/aromatic N) is 3. The van der Waals surface area contributed by atoms with E-state index in [0.717, 1.165) is 5.69 Å². The molecule has 7 nitrogen and oxygen atoms in total. The van der Waals surface area contributed by atoms with Gasteiger partial charge in [-0.15, -0.1) is 0 Å². The first-order valence-corrected chi connectivity index (χ1v) is 8.41. The van der Waals surface area contributed by atoms with Crippen LogP contribution in [0.15, 0.2) is 42.6 Å². The fourth-order valence-electron chi connectivity index (χ4n) is 2.72. The lowest BCUT2D eigenvalue weighted by Gasteiger charge is -2.14. The van der Waals surface area contributed by atoms with Crippen molar-refractivity contribution in [3.05, 3.63) is 54.0 Å². The van der Waals surface area contributed by atoms with E-state index in [9.17, 15) is 13.6 Å². The van der Waals surface area contributed by atoms with Gasteiger partial charge in [0.2, 0.25) is 0 Å². The third kappa shape index (κ3) is 4.30. The molecule has 3 aromatic rings. The minimum Gasteiger partial charge on any atom is -0.435 e. The average molecular weight is 375 g/mol. The summed E-state index contributed by atoms with van der Waals surface area (Å²) < 4.78 is 30.5. The van der Waals surface area contributed by atoms with Gasteiger partial charge in [0.15, 0.2) is 0 Å². The lowest BCUT2D eigenvalue weighted by molar-refractivity contribution is -0.0498. The van der Waals surface area contributed by atoms with Crippen LogP contribution in [0.1, 0.15) is 36.1 Å². The standard InChI is InChI=1S/C18H19F2N5O2/c1-3-25-16(8-9-21-25)11(2)22-17(26)15-10-14(23-24-15)12-4-6-13(7-5-12)27-18(19)20/h4-11,18H,3H2,1-2H3,(H,22,26)(H,23,24). The van der Waals surface area contributed by atoms with Crippen molar-refractivity contribution in [1.82, 2.24) is 25.3 Å². The third-order valence-corrected chi connectivity index (χ3v) is 4.04. The molecule has 0 aliphatic heterocycles. The van der Waals surface area contributed by atoms with Gasteiger partial charge in [0.25, 0.3) is 5.91 Å². The summed E-state index contributed by atoms with van der Waals surface area (Å²) in [5.74, 6) is -0.244. The molecule has 1 unspecified atom stereocenters. The van der Waals surface area contributed by atoms with E-state index in [0.29, 0.717) is 23.5 Å². The number of benzene rings is 1. The summed E-state index contributed by atoms with van der Waals surface area (Å²) >= 11 is 0. The van der Waals surface area contributed by atoms with Crippen molar-refractivity contribution in [3.63, 3.8) is 0 Å². The van der Waals surface area contributed by atoms with Crippen molar-refractivity contribution < 1.29 is 18.3 Å². The first kappa shape index (κ1) is 18.6. The molecule has 0 saturated carbocycles. The maximum absolute atomic E-state index is 12.5. The average Bonchev–Trinajstić information content (AvgIpc) is 3.31. The number of hydrogen-bond donors (Lipinski definition) is 2. The molecule has 0 saturated heterocycles. The Morgan fingerprint density at radius 1 is 1.30 bits per heavy atom. The Balaban J connectivity index is 1.68. The molecule has 142 valence electrons. The lowest BCUT2D eigenvalue weighted by Crippen LogP contribution is -2.28. The van der Waals surface area contributed by atoms with Gasteiger partial charge in [-0.3, -0.25) is 14.6 Å². The first-order valence-electron chi connectivity index (χ1n) is 8.41. The molecule has 0 aliphatic rings. The quantitative estimate of drug-likeness (QED) is 0.663. The van der Waals surface area contributed by atoms with E-state index in [-0.39, 0.29) is 17.7 Å². The second kappa shape index (κ2) is 7.98. The Labute approximate surface area is 154 Å². The fourth-order valence-corrected chi connectivity index (χ4v) is 2.72. The molecule has 0 radical (unpaired) electrons. The molecule has 0 fully saturated rings. The van der Waals surface area contributed by atoms with Gasteiger partial charge in [-0.2, -0.15) is 19.0 Å². The maximum Gasteiger partial charge on any atom is 0.387 e. The van der Waals surface area contributed by atoms with E-state index in [2.05, 4.69) is 25.3 Å². The van der Waals surface area contributed by atoms with E-state index in [4.69, 9.17) is 0 Å². The Hall–Kier alpha value is -3.23. The SMILES string of the molecule is CCn1nccc1C(C)NC(=O)c1cc(-c2ccc(OC(F)F)cc2)n[nH]1. The number of alkyl halides is 2. The fraction of sp³-hybridized carbons (Fsp3) is 0.278. The summed E-state index contributed by atoms with van der Waals surface area (Å²) in [6.45, 7) is 1.69. The van der Waals surface area contributed by atoms with Crippen molar-refractivity contribution in [3.8, 4) is 17.0 Å². The van der Waals surface area contributed by atoms with Crippen molar-refractivity contribution in [2.75, 3.05) is 0 Å². The van der Waals surface area contributed by atoms with Gasteiger partial charge in [-0.05, 0) is 50.2 Å². The highest BCUT2D eigenvalue weighted by atomic mass is 19.3. The van der Waals surface area contributed by atoms with E-state index < -0.39 is 6.61 Å². The summed E-state index contributed by atoms with van der Waals surface area (Å²) in [6.07, 6.45) is 1.69. The monoisotopic (exact) mass is 375 g/mol. The van der Waals surface area contributed by atoms with Crippen LogP contribution in [-0.2, 0) is 6.54 Å². The summed E-state index contributed by atoms with van der Waals surface area (Å²) in [5, 5.41) is 13.9. The second-order valence-electron chi connectivity index (χ2n) is 5.84. The van der Waals surface area contributed by atoms with Crippen LogP contribution < -0.4 is 10.1 Å². The number of rotatable bonds is 7. The van der Waals surface area contributed by atoms with Crippen molar-refractivity contribution in [1.29, 1.82) is 0 Å². The van der Waals surface area contributed by atoms with Crippen LogP contribution in [0, 0.1) is 0 Å². The van der Waals surface area contributed by atoms with Gasteiger partial charge in [0.05, 0.1) is 17.4 Å². The number of aromatic amines is 1. The zero-order valence-electron chi connectivity index (χ0n) is 14.8.